The highest BCUT2D eigenvalue weighted by Gasteiger charge is 2.03. The van der Waals surface area contributed by atoms with Crippen molar-refractivity contribution < 1.29 is 19.1 Å². The molecule has 0 atom stereocenters. The van der Waals surface area contributed by atoms with E-state index in [-0.39, 0.29) is 11.9 Å². The standard InChI is InChI=1S/C19H34O4/c1-4-5-15-22-18(20)12-10-8-6-7-9-11-13-19(21)23-16-14-17(2)3/h14H,4-13,15-16H2,1-3H3. The lowest BCUT2D eigenvalue weighted by molar-refractivity contribution is -0.144. The number of esters is 2. The minimum Gasteiger partial charge on any atom is -0.466 e. The number of unbranched alkanes of at least 4 members (excludes halogenated alkanes) is 6. The van der Waals surface area contributed by atoms with Gasteiger partial charge in [0.1, 0.15) is 6.61 Å². The predicted molar refractivity (Wildman–Crippen MR) is 93.2 cm³/mol. The summed E-state index contributed by atoms with van der Waals surface area (Å²) in [6, 6.07) is 0. The van der Waals surface area contributed by atoms with Crippen molar-refractivity contribution in [1.29, 1.82) is 0 Å². The zero-order valence-corrected chi connectivity index (χ0v) is 15.2. The first-order valence-electron chi connectivity index (χ1n) is 9.00. The lowest BCUT2D eigenvalue weighted by atomic mass is 10.1. The molecule has 0 spiro atoms. The van der Waals surface area contributed by atoms with Crippen LogP contribution in [-0.4, -0.2) is 25.2 Å². The summed E-state index contributed by atoms with van der Waals surface area (Å²) >= 11 is 0. The van der Waals surface area contributed by atoms with E-state index < -0.39 is 0 Å². The third-order valence-corrected chi connectivity index (χ3v) is 3.51. The Bertz CT molecular complexity index is 343. The Morgan fingerprint density at radius 1 is 0.783 bits per heavy atom. The van der Waals surface area contributed by atoms with E-state index in [0.717, 1.165) is 56.9 Å². The van der Waals surface area contributed by atoms with Crippen LogP contribution in [0.1, 0.15) is 85.0 Å². The maximum absolute atomic E-state index is 11.4. The highest BCUT2D eigenvalue weighted by molar-refractivity contribution is 5.69. The summed E-state index contributed by atoms with van der Waals surface area (Å²) in [7, 11) is 0. The largest absolute Gasteiger partial charge is 0.466 e. The van der Waals surface area contributed by atoms with Crippen LogP contribution in [-0.2, 0) is 19.1 Å². The van der Waals surface area contributed by atoms with Gasteiger partial charge in [-0.2, -0.15) is 0 Å². The van der Waals surface area contributed by atoms with Gasteiger partial charge in [-0.05, 0) is 39.2 Å². The van der Waals surface area contributed by atoms with Gasteiger partial charge in [0.05, 0.1) is 6.61 Å². The number of allylic oxidation sites excluding steroid dienone is 1. The van der Waals surface area contributed by atoms with E-state index in [2.05, 4.69) is 6.92 Å². The van der Waals surface area contributed by atoms with Crippen molar-refractivity contribution in [3.63, 3.8) is 0 Å². The molecule has 134 valence electrons. The third kappa shape index (κ3) is 16.9. The molecule has 0 heterocycles. The first-order valence-corrected chi connectivity index (χ1v) is 9.00. The monoisotopic (exact) mass is 326 g/mol. The summed E-state index contributed by atoms with van der Waals surface area (Å²) in [5, 5.41) is 0. The predicted octanol–water partition coefficient (Wildman–Crippen LogP) is 4.96. The summed E-state index contributed by atoms with van der Waals surface area (Å²) in [4.78, 5) is 22.8. The number of hydrogen-bond donors (Lipinski definition) is 0. The van der Waals surface area contributed by atoms with Gasteiger partial charge in [0.25, 0.3) is 0 Å². The van der Waals surface area contributed by atoms with E-state index in [1.807, 2.05) is 19.9 Å². The van der Waals surface area contributed by atoms with Crippen molar-refractivity contribution in [1.82, 2.24) is 0 Å². The van der Waals surface area contributed by atoms with Crippen LogP contribution < -0.4 is 0 Å². The average molecular weight is 326 g/mol. The molecule has 0 fully saturated rings. The zero-order valence-electron chi connectivity index (χ0n) is 15.2. The molecule has 0 amide bonds. The molecule has 4 nitrogen and oxygen atoms in total. The second kappa shape index (κ2) is 15.6. The lowest BCUT2D eigenvalue weighted by Gasteiger charge is -2.04. The molecule has 4 heteroatoms. The highest BCUT2D eigenvalue weighted by atomic mass is 16.5. The van der Waals surface area contributed by atoms with Crippen molar-refractivity contribution in [2.75, 3.05) is 13.2 Å². The summed E-state index contributed by atoms with van der Waals surface area (Å²) in [6.07, 6.45) is 11.0. The van der Waals surface area contributed by atoms with Gasteiger partial charge in [-0.1, -0.05) is 44.6 Å². The van der Waals surface area contributed by atoms with E-state index in [1.165, 1.54) is 0 Å². The summed E-state index contributed by atoms with van der Waals surface area (Å²) in [6.45, 7) is 6.99. The number of carbonyl (C=O) groups excluding carboxylic acids is 2. The van der Waals surface area contributed by atoms with Gasteiger partial charge in [0.2, 0.25) is 0 Å². The third-order valence-electron chi connectivity index (χ3n) is 3.51. The quantitative estimate of drug-likeness (QED) is 0.257. The van der Waals surface area contributed by atoms with Crippen molar-refractivity contribution in [3.05, 3.63) is 11.6 Å². The highest BCUT2D eigenvalue weighted by Crippen LogP contribution is 2.09. The fourth-order valence-corrected chi connectivity index (χ4v) is 2.02. The van der Waals surface area contributed by atoms with E-state index in [9.17, 15) is 9.59 Å². The lowest BCUT2D eigenvalue weighted by Crippen LogP contribution is -2.05. The number of rotatable bonds is 14. The maximum atomic E-state index is 11.4. The van der Waals surface area contributed by atoms with Crippen molar-refractivity contribution in [2.24, 2.45) is 0 Å². The molecule has 0 rings (SSSR count). The van der Waals surface area contributed by atoms with Gasteiger partial charge in [0.15, 0.2) is 0 Å². The van der Waals surface area contributed by atoms with Crippen molar-refractivity contribution in [3.8, 4) is 0 Å². The van der Waals surface area contributed by atoms with E-state index in [0.29, 0.717) is 26.1 Å². The van der Waals surface area contributed by atoms with Gasteiger partial charge in [-0.25, -0.2) is 0 Å². The van der Waals surface area contributed by atoms with E-state index in [1.54, 1.807) is 0 Å². The molecule has 0 unspecified atom stereocenters. The van der Waals surface area contributed by atoms with Crippen LogP contribution in [0.3, 0.4) is 0 Å². The van der Waals surface area contributed by atoms with Crippen LogP contribution in [0, 0.1) is 0 Å². The van der Waals surface area contributed by atoms with Gasteiger partial charge in [0, 0.05) is 12.8 Å². The second-order valence-corrected chi connectivity index (χ2v) is 6.16. The van der Waals surface area contributed by atoms with E-state index in [4.69, 9.17) is 9.47 Å². The Kier molecular flexibility index (Phi) is 14.7. The molecule has 0 aromatic rings. The molecule has 0 aliphatic heterocycles. The SMILES string of the molecule is CCCCOC(=O)CCCCCCCCC(=O)OCC=C(C)C. The first kappa shape index (κ1) is 21.7. The summed E-state index contributed by atoms with van der Waals surface area (Å²) in [5.41, 5.74) is 1.16. The molecule has 0 N–H and O–H groups in total. The minimum atomic E-state index is -0.114. The Labute approximate surface area is 141 Å². The molecule has 0 aliphatic carbocycles. The van der Waals surface area contributed by atoms with Crippen LogP contribution in [0.5, 0.6) is 0 Å². The number of carbonyl (C=O) groups is 2. The molecule has 0 saturated carbocycles. The van der Waals surface area contributed by atoms with Crippen LogP contribution in [0.2, 0.25) is 0 Å². The second-order valence-electron chi connectivity index (χ2n) is 6.16. The van der Waals surface area contributed by atoms with Gasteiger partial charge >= 0.3 is 11.9 Å². The Hall–Kier alpha value is -1.32. The van der Waals surface area contributed by atoms with E-state index >= 15 is 0 Å². The smallest absolute Gasteiger partial charge is 0.306 e. The van der Waals surface area contributed by atoms with Crippen LogP contribution in [0.4, 0.5) is 0 Å². The summed E-state index contributed by atoms with van der Waals surface area (Å²) < 4.78 is 10.2. The average Bonchev–Trinajstić information content (AvgIpc) is 2.49. The molecule has 0 saturated heterocycles. The van der Waals surface area contributed by atoms with Crippen LogP contribution in [0.25, 0.3) is 0 Å². The Morgan fingerprint density at radius 2 is 1.30 bits per heavy atom. The number of hydrogen-bond acceptors (Lipinski definition) is 4. The number of ether oxygens (including phenoxy) is 2. The molecule has 0 radical (unpaired) electrons. The van der Waals surface area contributed by atoms with Crippen molar-refractivity contribution in [2.45, 2.75) is 85.0 Å². The normalized spacial score (nSPS) is 10.2. The molecule has 0 bridgehead atoms. The Morgan fingerprint density at radius 3 is 1.83 bits per heavy atom. The fourth-order valence-electron chi connectivity index (χ4n) is 2.02. The molecule has 23 heavy (non-hydrogen) atoms. The molecular formula is C19H34O4. The van der Waals surface area contributed by atoms with Gasteiger partial charge in [-0.15, -0.1) is 0 Å². The molecule has 0 aromatic carbocycles. The van der Waals surface area contributed by atoms with Crippen molar-refractivity contribution >= 4 is 11.9 Å². The van der Waals surface area contributed by atoms with Crippen LogP contribution >= 0.6 is 0 Å². The topological polar surface area (TPSA) is 52.6 Å². The van der Waals surface area contributed by atoms with Gasteiger partial charge in [-0.3, -0.25) is 9.59 Å². The zero-order chi connectivity index (χ0) is 17.3. The Balaban J connectivity index is 3.31. The molecular weight excluding hydrogens is 292 g/mol. The maximum Gasteiger partial charge on any atom is 0.306 e. The molecule has 0 aliphatic rings. The summed E-state index contributed by atoms with van der Waals surface area (Å²) in [5.74, 6) is -0.185. The first-order chi connectivity index (χ1) is 11.1. The fraction of sp³-hybridized carbons (Fsp3) is 0.789. The van der Waals surface area contributed by atoms with Crippen LogP contribution in [0.15, 0.2) is 11.6 Å². The molecule has 0 aromatic heterocycles. The minimum absolute atomic E-state index is 0.0717. The van der Waals surface area contributed by atoms with Gasteiger partial charge < -0.3 is 9.47 Å².